The second kappa shape index (κ2) is 9.03. The summed E-state index contributed by atoms with van der Waals surface area (Å²) in [5.41, 5.74) is 1.75. The van der Waals surface area contributed by atoms with Gasteiger partial charge < -0.3 is 10.2 Å². The van der Waals surface area contributed by atoms with Crippen molar-refractivity contribution in [3.05, 3.63) is 28.8 Å². The molecule has 1 rings (SSSR count). The first kappa shape index (κ1) is 18.0. The molecule has 1 aromatic carbocycles. The van der Waals surface area contributed by atoms with Crippen molar-refractivity contribution in [1.29, 1.82) is 0 Å². The number of rotatable bonds is 8. The Bertz CT molecular complexity index is 461. The van der Waals surface area contributed by atoms with Crippen molar-refractivity contribution in [1.82, 2.24) is 9.80 Å². The van der Waals surface area contributed by atoms with Crippen molar-refractivity contribution in [3.8, 4) is 0 Å². The van der Waals surface area contributed by atoms with E-state index < -0.39 is 0 Å². The first-order valence-corrected chi connectivity index (χ1v) is 7.81. The molecular weight excluding hydrogens is 286 g/mol. The van der Waals surface area contributed by atoms with E-state index in [1.807, 2.05) is 31.0 Å². The third kappa shape index (κ3) is 6.46. The lowest BCUT2D eigenvalue weighted by atomic mass is 10.2. The topological polar surface area (TPSA) is 35.6 Å². The van der Waals surface area contributed by atoms with Crippen LogP contribution in [-0.2, 0) is 4.79 Å². The van der Waals surface area contributed by atoms with Crippen LogP contribution in [0, 0.1) is 6.92 Å². The molecule has 0 radical (unpaired) electrons. The molecule has 1 N–H and O–H groups in total. The summed E-state index contributed by atoms with van der Waals surface area (Å²) >= 11 is 6.08. The molecule has 0 aliphatic carbocycles. The second-order valence-corrected chi connectivity index (χ2v) is 5.70. The van der Waals surface area contributed by atoms with Crippen molar-refractivity contribution < 1.29 is 4.79 Å². The summed E-state index contributed by atoms with van der Waals surface area (Å²) in [6, 6.07) is 5.61. The Hall–Kier alpha value is -1.10. The van der Waals surface area contributed by atoms with Crippen LogP contribution in [0.15, 0.2) is 18.2 Å². The Morgan fingerprint density at radius 2 is 1.90 bits per heavy atom. The van der Waals surface area contributed by atoms with Gasteiger partial charge in [-0.3, -0.25) is 9.69 Å². The molecule has 4 nitrogen and oxygen atoms in total. The van der Waals surface area contributed by atoms with Gasteiger partial charge in [-0.25, -0.2) is 0 Å². The van der Waals surface area contributed by atoms with Crippen LogP contribution in [0.2, 0.25) is 5.02 Å². The minimum atomic E-state index is -0.0375. The van der Waals surface area contributed by atoms with E-state index in [4.69, 9.17) is 11.6 Å². The molecule has 0 aliphatic rings. The van der Waals surface area contributed by atoms with Crippen molar-refractivity contribution in [2.24, 2.45) is 0 Å². The highest BCUT2D eigenvalue weighted by Crippen LogP contribution is 2.22. The Morgan fingerprint density at radius 3 is 2.52 bits per heavy atom. The van der Waals surface area contributed by atoms with Crippen LogP contribution in [-0.4, -0.2) is 55.5 Å². The number of benzene rings is 1. The maximum atomic E-state index is 12.0. The molecule has 0 saturated carbocycles. The molecule has 0 aromatic heterocycles. The lowest BCUT2D eigenvalue weighted by Gasteiger charge is -2.22. The summed E-state index contributed by atoms with van der Waals surface area (Å²) in [4.78, 5) is 16.4. The number of anilines is 1. The predicted molar refractivity (Wildman–Crippen MR) is 90.1 cm³/mol. The monoisotopic (exact) mass is 311 g/mol. The first-order chi connectivity index (χ1) is 9.96. The fourth-order valence-electron chi connectivity index (χ4n) is 2.10. The maximum absolute atomic E-state index is 12.0. The van der Waals surface area contributed by atoms with E-state index in [1.165, 1.54) is 0 Å². The number of nitrogens with zero attached hydrogens (tertiary/aromatic N) is 2. The van der Waals surface area contributed by atoms with Gasteiger partial charge in [-0.1, -0.05) is 31.5 Å². The van der Waals surface area contributed by atoms with Gasteiger partial charge >= 0.3 is 0 Å². The molecule has 5 heteroatoms. The number of amides is 1. The van der Waals surface area contributed by atoms with Gasteiger partial charge in [0.1, 0.15) is 0 Å². The molecule has 0 aliphatic heterocycles. The number of nitrogens with one attached hydrogen (secondary N) is 1. The molecule has 1 aromatic rings. The lowest BCUT2D eigenvalue weighted by Crippen LogP contribution is -2.37. The summed E-state index contributed by atoms with van der Waals surface area (Å²) in [5, 5.41) is 3.44. The van der Waals surface area contributed by atoms with Gasteiger partial charge in [0, 0.05) is 13.1 Å². The van der Waals surface area contributed by atoms with Crippen molar-refractivity contribution >= 4 is 23.2 Å². The van der Waals surface area contributed by atoms with Crippen molar-refractivity contribution in [2.45, 2.75) is 20.8 Å². The number of likely N-dealkylation sites (N-methyl/N-ethyl adjacent to an activating group) is 2. The summed E-state index contributed by atoms with van der Waals surface area (Å²) < 4.78 is 0. The van der Waals surface area contributed by atoms with Gasteiger partial charge in [-0.2, -0.15) is 0 Å². The fourth-order valence-corrected chi connectivity index (χ4v) is 2.27. The molecule has 118 valence electrons. The van der Waals surface area contributed by atoms with Gasteiger partial charge in [0.2, 0.25) is 5.91 Å². The van der Waals surface area contributed by atoms with E-state index in [-0.39, 0.29) is 5.91 Å². The zero-order valence-electron chi connectivity index (χ0n) is 13.4. The Labute approximate surface area is 133 Å². The maximum Gasteiger partial charge on any atom is 0.238 e. The number of hydrogen-bond donors (Lipinski definition) is 1. The lowest BCUT2D eigenvalue weighted by molar-refractivity contribution is -0.117. The molecule has 21 heavy (non-hydrogen) atoms. The fraction of sp³-hybridized carbons (Fsp3) is 0.562. The van der Waals surface area contributed by atoms with Crippen molar-refractivity contribution in [2.75, 3.05) is 45.1 Å². The Morgan fingerprint density at radius 1 is 1.24 bits per heavy atom. The molecule has 0 spiro atoms. The molecule has 1 amide bonds. The number of carbonyl (C=O) groups is 1. The molecule has 0 saturated heterocycles. The van der Waals surface area contributed by atoms with Gasteiger partial charge in [-0.15, -0.1) is 0 Å². The molecular formula is C16H26ClN3O. The van der Waals surface area contributed by atoms with Crippen molar-refractivity contribution in [3.63, 3.8) is 0 Å². The van der Waals surface area contributed by atoms with E-state index in [1.54, 1.807) is 6.07 Å². The highest BCUT2D eigenvalue weighted by Gasteiger charge is 2.10. The highest BCUT2D eigenvalue weighted by molar-refractivity contribution is 6.33. The zero-order chi connectivity index (χ0) is 15.8. The summed E-state index contributed by atoms with van der Waals surface area (Å²) in [7, 11) is 1.96. The molecule has 0 atom stereocenters. The van der Waals surface area contributed by atoms with E-state index in [0.29, 0.717) is 17.3 Å². The van der Waals surface area contributed by atoms with E-state index in [0.717, 1.165) is 31.7 Å². The standard InChI is InChI=1S/C16H26ClN3O/c1-5-20(6-2)10-9-19(4)12-16(21)18-15-11-13(3)7-8-14(15)17/h7-8,11H,5-6,9-10,12H2,1-4H3,(H,18,21). The quantitative estimate of drug-likeness (QED) is 0.802. The molecule has 0 bridgehead atoms. The van der Waals surface area contributed by atoms with Gasteiger partial charge in [0.25, 0.3) is 0 Å². The highest BCUT2D eigenvalue weighted by atomic mass is 35.5. The van der Waals surface area contributed by atoms with E-state index in [2.05, 4.69) is 24.1 Å². The normalized spacial score (nSPS) is 11.2. The zero-order valence-corrected chi connectivity index (χ0v) is 14.2. The van der Waals surface area contributed by atoms with Gasteiger partial charge in [-0.05, 0) is 44.8 Å². The average Bonchev–Trinajstić information content (AvgIpc) is 2.44. The van der Waals surface area contributed by atoms with E-state index >= 15 is 0 Å². The number of hydrogen-bond acceptors (Lipinski definition) is 3. The Balaban J connectivity index is 2.44. The summed E-state index contributed by atoms with van der Waals surface area (Å²) in [5.74, 6) is -0.0375. The minimum Gasteiger partial charge on any atom is -0.324 e. The number of carbonyl (C=O) groups excluding carboxylic acids is 1. The minimum absolute atomic E-state index is 0.0375. The van der Waals surface area contributed by atoms with Gasteiger partial charge in [0.05, 0.1) is 17.3 Å². The third-order valence-corrected chi connectivity index (χ3v) is 3.83. The molecule has 0 heterocycles. The second-order valence-electron chi connectivity index (χ2n) is 5.30. The van der Waals surface area contributed by atoms with Crippen LogP contribution >= 0.6 is 11.6 Å². The van der Waals surface area contributed by atoms with E-state index in [9.17, 15) is 4.79 Å². The predicted octanol–water partition coefficient (Wildman–Crippen LogP) is 2.86. The summed E-state index contributed by atoms with van der Waals surface area (Å²) in [6.07, 6.45) is 0. The van der Waals surface area contributed by atoms with Crippen LogP contribution in [0.4, 0.5) is 5.69 Å². The number of halogens is 1. The van der Waals surface area contributed by atoms with Gasteiger partial charge in [0.15, 0.2) is 0 Å². The van der Waals surface area contributed by atoms with Crippen LogP contribution in [0.25, 0.3) is 0 Å². The third-order valence-electron chi connectivity index (χ3n) is 3.50. The molecule has 0 unspecified atom stereocenters. The largest absolute Gasteiger partial charge is 0.324 e. The average molecular weight is 312 g/mol. The SMILES string of the molecule is CCN(CC)CCN(C)CC(=O)Nc1cc(C)ccc1Cl. The van der Waals surface area contributed by atoms with Crippen LogP contribution < -0.4 is 5.32 Å². The van der Waals surface area contributed by atoms with Crippen LogP contribution in [0.1, 0.15) is 19.4 Å². The first-order valence-electron chi connectivity index (χ1n) is 7.43. The molecule has 0 fully saturated rings. The van der Waals surface area contributed by atoms with Crippen LogP contribution in [0.5, 0.6) is 0 Å². The van der Waals surface area contributed by atoms with Crippen LogP contribution in [0.3, 0.4) is 0 Å². The Kier molecular flexibility index (Phi) is 7.72. The summed E-state index contributed by atoms with van der Waals surface area (Å²) in [6.45, 7) is 10.6. The smallest absolute Gasteiger partial charge is 0.238 e. The number of aryl methyl sites for hydroxylation is 1.